The summed E-state index contributed by atoms with van der Waals surface area (Å²) in [6.45, 7) is 5.49. The highest BCUT2D eigenvalue weighted by molar-refractivity contribution is 7.09. The molecule has 1 atom stereocenters. The third kappa shape index (κ3) is 3.00. The van der Waals surface area contributed by atoms with E-state index in [-0.39, 0.29) is 0 Å². The van der Waals surface area contributed by atoms with Gasteiger partial charge >= 0.3 is 0 Å². The fourth-order valence-electron chi connectivity index (χ4n) is 2.07. The summed E-state index contributed by atoms with van der Waals surface area (Å²) in [5.74, 6) is 0. The minimum atomic E-state index is 0.658. The second-order valence-electron chi connectivity index (χ2n) is 4.34. The number of likely N-dealkylation sites (N-methyl/N-ethyl adjacent to an activating group) is 1. The molecule has 0 radical (unpaired) electrons. The molecule has 0 aliphatic carbocycles. The number of aromatic nitrogens is 1. The van der Waals surface area contributed by atoms with Crippen LogP contribution in [0.1, 0.15) is 23.4 Å². The van der Waals surface area contributed by atoms with E-state index in [1.165, 1.54) is 36.5 Å². The van der Waals surface area contributed by atoms with Crippen LogP contribution in [0.15, 0.2) is 5.51 Å². The Morgan fingerprint density at radius 3 is 3.20 bits per heavy atom. The summed E-state index contributed by atoms with van der Waals surface area (Å²) < 4.78 is 0. The van der Waals surface area contributed by atoms with Crippen molar-refractivity contribution in [3.05, 3.63) is 16.1 Å². The van der Waals surface area contributed by atoms with Crippen LogP contribution in [0.5, 0.6) is 0 Å². The zero-order valence-electron chi connectivity index (χ0n) is 9.49. The predicted octanol–water partition coefficient (Wildman–Crippen LogP) is 1.64. The molecule has 84 valence electrons. The van der Waals surface area contributed by atoms with Crippen molar-refractivity contribution in [3.63, 3.8) is 0 Å². The van der Waals surface area contributed by atoms with Gasteiger partial charge in [0.05, 0.1) is 11.2 Å². The molecular weight excluding hydrogens is 206 g/mol. The Kier molecular flexibility index (Phi) is 3.72. The van der Waals surface area contributed by atoms with Gasteiger partial charge in [0, 0.05) is 24.0 Å². The number of likely N-dealkylation sites (tertiary alicyclic amines) is 1. The quantitative estimate of drug-likeness (QED) is 0.847. The molecule has 0 saturated carbocycles. The van der Waals surface area contributed by atoms with Gasteiger partial charge in [-0.2, -0.15) is 0 Å². The number of thiazole rings is 1. The summed E-state index contributed by atoms with van der Waals surface area (Å²) in [5.41, 5.74) is 3.11. The molecule has 0 aromatic carbocycles. The third-order valence-electron chi connectivity index (χ3n) is 3.02. The smallest absolute Gasteiger partial charge is 0.0798 e. The number of nitrogens with zero attached hydrogens (tertiary/aromatic N) is 2. The topological polar surface area (TPSA) is 28.2 Å². The first-order valence-electron chi connectivity index (χ1n) is 5.56. The minimum absolute atomic E-state index is 0.658. The molecule has 1 aliphatic heterocycles. The maximum atomic E-state index is 4.26. The van der Waals surface area contributed by atoms with E-state index in [0.29, 0.717) is 6.04 Å². The van der Waals surface area contributed by atoms with Crippen LogP contribution < -0.4 is 5.32 Å². The van der Waals surface area contributed by atoms with Crippen LogP contribution in [0, 0.1) is 6.92 Å². The van der Waals surface area contributed by atoms with E-state index in [2.05, 4.69) is 29.2 Å². The Hall–Kier alpha value is -0.450. The van der Waals surface area contributed by atoms with Crippen LogP contribution in [0.4, 0.5) is 0 Å². The van der Waals surface area contributed by atoms with E-state index >= 15 is 0 Å². The van der Waals surface area contributed by atoms with Crippen LogP contribution in [-0.4, -0.2) is 36.1 Å². The van der Waals surface area contributed by atoms with Crippen molar-refractivity contribution in [1.29, 1.82) is 0 Å². The molecule has 3 nitrogen and oxygen atoms in total. The summed E-state index contributed by atoms with van der Waals surface area (Å²) in [6.07, 6.45) is 2.62. The zero-order chi connectivity index (χ0) is 10.7. The molecule has 0 amide bonds. The van der Waals surface area contributed by atoms with Crippen LogP contribution in [-0.2, 0) is 6.54 Å². The van der Waals surface area contributed by atoms with E-state index in [0.717, 1.165) is 6.54 Å². The Morgan fingerprint density at radius 2 is 2.53 bits per heavy atom. The van der Waals surface area contributed by atoms with Gasteiger partial charge in [-0.15, -0.1) is 11.3 Å². The van der Waals surface area contributed by atoms with E-state index in [1.54, 1.807) is 11.3 Å². The molecule has 2 rings (SSSR count). The second kappa shape index (κ2) is 5.05. The zero-order valence-corrected chi connectivity index (χ0v) is 10.3. The minimum Gasteiger partial charge on any atom is -0.308 e. The lowest BCUT2D eigenvalue weighted by Crippen LogP contribution is -2.43. The third-order valence-corrected chi connectivity index (χ3v) is 3.96. The van der Waals surface area contributed by atoms with Gasteiger partial charge in [-0.1, -0.05) is 0 Å². The molecule has 0 spiro atoms. The molecule has 2 heterocycles. The van der Waals surface area contributed by atoms with Gasteiger partial charge in [-0.25, -0.2) is 4.98 Å². The average Bonchev–Trinajstić information content (AvgIpc) is 2.61. The Labute approximate surface area is 95.5 Å². The van der Waals surface area contributed by atoms with Gasteiger partial charge in [0.2, 0.25) is 0 Å². The number of hydrogen-bond donors (Lipinski definition) is 1. The lowest BCUT2D eigenvalue weighted by atomic mass is 10.1. The van der Waals surface area contributed by atoms with Gasteiger partial charge in [0.25, 0.3) is 0 Å². The van der Waals surface area contributed by atoms with Gasteiger partial charge in [0.15, 0.2) is 0 Å². The molecule has 1 aliphatic rings. The lowest BCUT2D eigenvalue weighted by molar-refractivity contribution is 0.227. The van der Waals surface area contributed by atoms with Crippen LogP contribution in [0.2, 0.25) is 0 Å². The van der Waals surface area contributed by atoms with Crippen molar-refractivity contribution in [2.24, 2.45) is 0 Å². The fraction of sp³-hybridized carbons (Fsp3) is 0.727. The van der Waals surface area contributed by atoms with Gasteiger partial charge in [-0.3, -0.25) is 0 Å². The highest BCUT2D eigenvalue weighted by atomic mass is 32.1. The largest absolute Gasteiger partial charge is 0.308 e. The SMILES string of the molecule is Cc1ncsc1CNC1CCCN(C)C1. The van der Waals surface area contributed by atoms with E-state index in [9.17, 15) is 0 Å². The Morgan fingerprint density at radius 1 is 1.67 bits per heavy atom. The second-order valence-corrected chi connectivity index (χ2v) is 5.28. The van der Waals surface area contributed by atoms with Crippen LogP contribution in [0.3, 0.4) is 0 Å². The van der Waals surface area contributed by atoms with E-state index in [1.807, 2.05) is 5.51 Å². The fourth-order valence-corrected chi connectivity index (χ4v) is 2.79. The summed E-state index contributed by atoms with van der Waals surface area (Å²) in [5, 5.41) is 3.62. The lowest BCUT2D eigenvalue weighted by Gasteiger charge is -2.30. The highest BCUT2D eigenvalue weighted by Gasteiger charge is 2.16. The van der Waals surface area contributed by atoms with Crippen molar-refractivity contribution >= 4 is 11.3 Å². The Balaban J connectivity index is 1.80. The van der Waals surface area contributed by atoms with Crippen LogP contribution >= 0.6 is 11.3 Å². The molecule has 1 aromatic rings. The first kappa shape index (κ1) is 11.0. The maximum absolute atomic E-state index is 4.26. The van der Waals surface area contributed by atoms with Crippen molar-refractivity contribution in [2.75, 3.05) is 20.1 Å². The number of hydrogen-bond acceptors (Lipinski definition) is 4. The van der Waals surface area contributed by atoms with Crippen molar-refractivity contribution in [2.45, 2.75) is 32.4 Å². The van der Waals surface area contributed by atoms with E-state index in [4.69, 9.17) is 0 Å². The Bertz CT molecular complexity index is 311. The summed E-state index contributed by atoms with van der Waals surface area (Å²) >= 11 is 1.75. The average molecular weight is 225 g/mol. The van der Waals surface area contributed by atoms with Gasteiger partial charge in [0.1, 0.15) is 0 Å². The summed E-state index contributed by atoms with van der Waals surface area (Å²) in [4.78, 5) is 8.04. The van der Waals surface area contributed by atoms with Crippen molar-refractivity contribution in [3.8, 4) is 0 Å². The van der Waals surface area contributed by atoms with Gasteiger partial charge < -0.3 is 10.2 Å². The number of nitrogens with one attached hydrogen (secondary N) is 1. The molecule has 0 bridgehead atoms. The molecule has 1 saturated heterocycles. The predicted molar refractivity (Wildman–Crippen MR) is 64.2 cm³/mol. The number of piperidine rings is 1. The van der Waals surface area contributed by atoms with Crippen molar-refractivity contribution < 1.29 is 0 Å². The normalized spacial score (nSPS) is 23.2. The monoisotopic (exact) mass is 225 g/mol. The number of rotatable bonds is 3. The molecule has 1 N–H and O–H groups in total. The maximum Gasteiger partial charge on any atom is 0.0798 e. The standard InChI is InChI=1S/C11H19N3S/c1-9-11(15-8-13-9)6-12-10-4-3-5-14(2)7-10/h8,10,12H,3-7H2,1-2H3. The van der Waals surface area contributed by atoms with Crippen LogP contribution in [0.25, 0.3) is 0 Å². The first-order chi connectivity index (χ1) is 7.25. The summed E-state index contributed by atoms with van der Waals surface area (Å²) in [7, 11) is 2.20. The number of aryl methyl sites for hydroxylation is 1. The summed E-state index contributed by atoms with van der Waals surface area (Å²) in [6, 6.07) is 0.658. The molecule has 1 fully saturated rings. The molecular formula is C11H19N3S. The molecule has 15 heavy (non-hydrogen) atoms. The highest BCUT2D eigenvalue weighted by Crippen LogP contribution is 2.13. The first-order valence-corrected chi connectivity index (χ1v) is 6.44. The molecule has 1 aromatic heterocycles. The van der Waals surface area contributed by atoms with Crippen molar-refractivity contribution in [1.82, 2.24) is 15.2 Å². The molecule has 4 heteroatoms. The van der Waals surface area contributed by atoms with Gasteiger partial charge in [-0.05, 0) is 33.4 Å². The molecule has 1 unspecified atom stereocenters. The van der Waals surface area contributed by atoms with E-state index < -0.39 is 0 Å².